The third-order valence-electron chi connectivity index (χ3n) is 3.36. The van der Waals surface area contributed by atoms with E-state index in [0.29, 0.717) is 18.9 Å². The van der Waals surface area contributed by atoms with E-state index < -0.39 is 6.10 Å². The van der Waals surface area contributed by atoms with E-state index >= 15 is 0 Å². The average molecular weight is 443 g/mol. The fraction of sp³-hybridized carbons (Fsp3) is 0.389. The fourth-order valence-electron chi connectivity index (χ4n) is 2.25. The van der Waals surface area contributed by atoms with E-state index in [-0.39, 0.29) is 24.0 Å². The number of aliphatic imine (C=N–C) groups is 1. The van der Waals surface area contributed by atoms with Crippen LogP contribution < -0.4 is 10.6 Å². The second kappa shape index (κ2) is 11.9. The zero-order valence-electron chi connectivity index (χ0n) is 13.9. The fourth-order valence-corrected chi connectivity index (χ4v) is 2.25. The van der Waals surface area contributed by atoms with Crippen LogP contribution in [0.25, 0.3) is 0 Å². The number of hydrogen-bond acceptors (Lipinski definition) is 3. The smallest absolute Gasteiger partial charge is 0.191 e. The first-order valence-corrected chi connectivity index (χ1v) is 8.04. The van der Waals surface area contributed by atoms with Crippen molar-refractivity contribution in [3.63, 3.8) is 0 Å². The van der Waals surface area contributed by atoms with Crippen LogP contribution in [0.2, 0.25) is 0 Å². The molecule has 1 atom stereocenters. The van der Waals surface area contributed by atoms with Crippen LogP contribution in [0.3, 0.4) is 0 Å². The zero-order valence-corrected chi connectivity index (χ0v) is 16.3. The SMILES string of the molecule is CCNC(=NCC(O)Cc1ccccc1)NCCc1ccco1.I. The normalized spacial score (nSPS) is 12.3. The summed E-state index contributed by atoms with van der Waals surface area (Å²) in [6, 6.07) is 13.8. The molecule has 6 heteroatoms. The van der Waals surface area contributed by atoms with Crippen LogP contribution in [0.15, 0.2) is 58.1 Å². The summed E-state index contributed by atoms with van der Waals surface area (Å²) >= 11 is 0. The van der Waals surface area contributed by atoms with Crippen molar-refractivity contribution in [3.8, 4) is 0 Å². The van der Waals surface area contributed by atoms with Crippen molar-refractivity contribution < 1.29 is 9.52 Å². The molecule has 24 heavy (non-hydrogen) atoms. The molecule has 0 fully saturated rings. The van der Waals surface area contributed by atoms with Crippen molar-refractivity contribution in [3.05, 3.63) is 60.1 Å². The molecule has 132 valence electrons. The highest BCUT2D eigenvalue weighted by Crippen LogP contribution is 2.03. The van der Waals surface area contributed by atoms with Gasteiger partial charge in [-0.1, -0.05) is 30.3 Å². The van der Waals surface area contributed by atoms with Crippen molar-refractivity contribution in [2.45, 2.75) is 25.9 Å². The Hall–Kier alpha value is -1.54. The molecule has 1 aromatic carbocycles. The number of aliphatic hydroxyl groups excluding tert-OH is 1. The van der Waals surface area contributed by atoms with E-state index in [1.54, 1.807) is 6.26 Å². The van der Waals surface area contributed by atoms with Gasteiger partial charge in [-0.15, -0.1) is 24.0 Å². The van der Waals surface area contributed by atoms with Gasteiger partial charge in [0.1, 0.15) is 5.76 Å². The zero-order chi connectivity index (χ0) is 16.3. The quantitative estimate of drug-likeness (QED) is 0.333. The Labute approximate surface area is 160 Å². The van der Waals surface area contributed by atoms with E-state index in [1.165, 1.54) is 0 Å². The van der Waals surface area contributed by atoms with Crippen LogP contribution in [0.1, 0.15) is 18.2 Å². The Balaban J connectivity index is 0.00000288. The minimum absolute atomic E-state index is 0. The number of nitrogens with one attached hydrogen (secondary N) is 2. The Morgan fingerprint density at radius 3 is 2.62 bits per heavy atom. The molecule has 0 saturated carbocycles. The molecule has 0 saturated heterocycles. The van der Waals surface area contributed by atoms with Crippen molar-refractivity contribution in [1.82, 2.24) is 10.6 Å². The maximum Gasteiger partial charge on any atom is 0.191 e. The summed E-state index contributed by atoms with van der Waals surface area (Å²) in [7, 11) is 0. The predicted octanol–water partition coefficient (Wildman–Crippen LogP) is 2.60. The van der Waals surface area contributed by atoms with Crippen LogP contribution in [0.4, 0.5) is 0 Å². The third kappa shape index (κ3) is 7.83. The van der Waals surface area contributed by atoms with Crippen LogP contribution in [-0.2, 0) is 12.8 Å². The molecular formula is C18H26IN3O2. The van der Waals surface area contributed by atoms with Crippen LogP contribution in [0.5, 0.6) is 0 Å². The van der Waals surface area contributed by atoms with Crippen molar-refractivity contribution >= 4 is 29.9 Å². The molecule has 2 aromatic rings. The van der Waals surface area contributed by atoms with E-state index in [0.717, 1.165) is 30.8 Å². The summed E-state index contributed by atoms with van der Waals surface area (Å²) in [4.78, 5) is 4.44. The largest absolute Gasteiger partial charge is 0.469 e. The molecule has 5 nitrogen and oxygen atoms in total. The summed E-state index contributed by atoms with van der Waals surface area (Å²) in [6.45, 7) is 3.89. The molecular weight excluding hydrogens is 417 g/mol. The molecule has 0 aliphatic carbocycles. The van der Waals surface area contributed by atoms with Gasteiger partial charge < -0.3 is 20.2 Å². The number of halogens is 1. The van der Waals surface area contributed by atoms with E-state index in [9.17, 15) is 5.11 Å². The topological polar surface area (TPSA) is 69.8 Å². The van der Waals surface area contributed by atoms with Gasteiger partial charge in [0.15, 0.2) is 5.96 Å². The average Bonchev–Trinajstić information content (AvgIpc) is 3.07. The highest BCUT2D eigenvalue weighted by atomic mass is 127. The summed E-state index contributed by atoms with van der Waals surface area (Å²) in [5.41, 5.74) is 1.12. The number of guanidine groups is 1. The molecule has 0 spiro atoms. The Morgan fingerprint density at radius 1 is 1.17 bits per heavy atom. The van der Waals surface area contributed by atoms with Gasteiger partial charge in [-0.05, 0) is 24.6 Å². The lowest BCUT2D eigenvalue weighted by atomic mass is 10.1. The van der Waals surface area contributed by atoms with Crippen LogP contribution in [-0.4, -0.2) is 36.8 Å². The Kier molecular flexibility index (Phi) is 10.2. The maximum absolute atomic E-state index is 10.1. The van der Waals surface area contributed by atoms with Gasteiger partial charge in [0.05, 0.1) is 18.9 Å². The summed E-state index contributed by atoms with van der Waals surface area (Å²) in [5, 5.41) is 16.5. The Morgan fingerprint density at radius 2 is 1.96 bits per heavy atom. The van der Waals surface area contributed by atoms with Gasteiger partial charge >= 0.3 is 0 Å². The monoisotopic (exact) mass is 443 g/mol. The Bertz CT molecular complexity index is 573. The summed E-state index contributed by atoms with van der Waals surface area (Å²) in [6.07, 6.45) is 2.59. The van der Waals surface area contributed by atoms with Crippen LogP contribution >= 0.6 is 24.0 Å². The molecule has 1 unspecified atom stereocenters. The van der Waals surface area contributed by atoms with Crippen molar-refractivity contribution in [2.75, 3.05) is 19.6 Å². The van der Waals surface area contributed by atoms with E-state index in [4.69, 9.17) is 4.42 Å². The number of hydrogen-bond donors (Lipinski definition) is 3. The number of rotatable bonds is 8. The number of furan rings is 1. The van der Waals surface area contributed by atoms with Crippen LogP contribution in [0, 0.1) is 0 Å². The third-order valence-corrected chi connectivity index (χ3v) is 3.36. The molecule has 0 radical (unpaired) electrons. The molecule has 0 amide bonds. The molecule has 0 aliphatic rings. The lowest BCUT2D eigenvalue weighted by Crippen LogP contribution is -2.39. The first kappa shape index (κ1) is 20.5. The molecule has 1 aromatic heterocycles. The highest BCUT2D eigenvalue weighted by molar-refractivity contribution is 14.0. The van der Waals surface area contributed by atoms with Gasteiger partial charge in [-0.3, -0.25) is 4.99 Å². The minimum atomic E-state index is -0.488. The summed E-state index contributed by atoms with van der Waals surface area (Å²) < 4.78 is 5.30. The highest BCUT2D eigenvalue weighted by Gasteiger charge is 2.06. The van der Waals surface area contributed by atoms with Crippen molar-refractivity contribution in [1.29, 1.82) is 0 Å². The van der Waals surface area contributed by atoms with Crippen molar-refractivity contribution in [2.24, 2.45) is 4.99 Å². The van der Waals surface area contributed by atoms with E-state index in [2.05, 4.69) is 15.6 Å². The van der Waals surface area contributed by atoms with Gasteiger partial charge in [0, 0.05) is 25.9 Å². The minimum Gasteiger partial charge on any atom is -0.469 e. The molecule has 0 bridgehead atoms. The van der Waals surface area contributed by atoms with Gasteiger partial charge in [-0.25, -0.2) is 0 Å². The number of aliphatic hydroxyl groups is 1. The summed E-state index contributed by atoms with van der Waals surface area (Å²) in [5.74, 6) is 1.66. The molecule has 3 N–H and O–H groups in total. The molecule has 2 rings (SSSR count). The van der Waals surface area contributed by atoms with Gasteiger partial charge in [0.2, 0.25) is 0 Å². The van der Waals surface area contributed by atoms with E-state index in [1.807, 2.05) is 49.4 Å². The maximum atomic E-state index is 10.1. The lowest BCUT2D eigenvalue weighted by molar-refractivity contribution is 0.183. The standard InChI is InChI=1S/C18H25N3O2.HI/c1-2-19-18(20-11-10-17-9-6-12-23-17)21-14-16(22)13-15-7-4-3-5-8-15;/h3-9,12,16,22H,2,10-11,13-14H2,1H3,(H2,19,20,21);1H. The second-order valence-electron chi connectivity index (χ2n) is 5.32. The van der Waals surface area contributed by atoms with Gasteiger partial charge in [0.25, 0.3) is 0 Å². The first-order valence-electron chi connectivity index (χ1n) is 8.04. The number of nitrogens with zero attached hydrogens (tertiary/aromatic N) is 1. The molecule has 0 aliphatic heterocycles. The number of benzene rings is 1. The van der Waals surface area contributed by atoms with Gasteiger partial charge in [-0.2, -0.15) is 0 Å². The first-order chi connectivity index (χ1) is 11.3. The second-order valence-corrected chi connectivity index (χ2v) is 5.32. The lowest BCUT2D eigenvalue weighted by Gasteiger charge is -2.13. The molecule has 1 heterocycles. The predicted molar refractivity (Wildman–Crippen MR) is 108 cm³/mol.